The molecule has 0 saturated heterocycles. The van der Waals surface area contributed by atoms with Crippen LogP contribution in [0.2, 0.25) is 0 Å². The Hall–Kier alpha value is -2.15. The maximum Gasteiger partial charge on any atom is 0.404 e. The van der Waals surface area contributed by atoms with E-state index in [1.165, 1.54) is 0 Å². The molecule has 15 nitrogen and oxygen atoms in total. The zero-order valence-corrected chi connectivity index (χ0v) is 28.0. The van der Waals surface area contributed by atoms with E-state index in [2.05, 4.69) is 5.32 Å². The van der Waals surface area contributed by atoms with E-state index in [9.17, 15) is 4.79 Å². The van der Waals surface area contributed by atoms with Crippen molar-refractivity contribution in [2.45, 2.75) is 6.42 Å². The molecule has 1 amide bonds. The number of ether oxygens (including phenoxy) is 12. The van der Waals surface area contributed by atoms with E-state index in [1.807, 2.05) is 24.3 Å². The molecule has 0 atom stereocenters. The Bertz CT molecular complexity index is 790. The van der Waals surface area contributed by atoms with Crippen molar-refractivity contribution in [1.82, 2.24) is 5.32 Å². The fraction of sp³-hybridized carbons (Fsp3) is 0.781. The van der Waals surface area contributed by atoms with Crippen LogP contribution in [0, 0.1) is 0 Å². The third kappa shape index (κ3) is 32.2. The number of amides is 1. The molecule has 0 aromatic heterocycles. The maximum atomic E-state index is 10.5. The third-order valence-corrected chi connectivity index (χ3v) is 5.89. The molecule has 0 aliphatic rings. The number of hydrogen-bond acceptors (Lipinski definition) is 13. The highest BCUT2D eigenvalue weighted by atomic mass is 16.6. The largest absolute Gasteiger partial charge is 0.491 e. The van der Waals surface area contributed by atoms with E-state index in [0.29, 0.717) is 158 Å². The second-order valence-electron chi connectivity index (χ2n) is 9.59. The quantitative estimate of drug-likeness (QED) is 0.0978. The summed E-state index contributed by atoms with van der Waals surface area (Å²) in [4.78, 5) is 10.5. The van der Waals surface area contributed by atoms with Crippen LogP contribution in [0.4, 0.5) is 4.79 Å². The minimum absolute atomic E-state index is 0.378. The summed E-state index contributed by atoms with van der Waals surface area (Å²) in [7, 11) is 1.64. The van der Waals surface area contributed by atoms with Crippen molar-refractivity contribution in [3.05, 3.63) is 29.8 Å². The molecule has 0 heterocycles. The van der Waals surface area contributed by atoms with Gasteiger partial charge in [0, 0.05) is 13.7 Å². The molecule has 0 aliphatic heterocycles. The molecule has 47 heavy (non-hydrogen) atoms. The van der Waals surface area contributed by atoms with Crippen LogP contribution in [0.3, 0.4) is 0 Å². The molecule has 15 heteroatoms. The number of hydrogen-bond donors (Lipinski definition) is 2. The van der Waals surface area contributed by atoms with Crippen molar-refractivity contribution >= 4 is 6.09 Å². The molecule has 2 N–H and O–H groups in total. The average Bonchev–Trinajstić information content (AvgIpc) is 3.07. The topological polar surface area (TPSA) is 160 Å². The van der Waals surface area contributed by atoms with Crippen LogP contribution in [0.1, 0.15) is 5.56 Å². The van der Waals surface area contributed by atoms with Gasteiger partial charge in [-0.2, -0.15) is 0 Å². The van der Waals surface area contributed by atoms with Gasteiger partial charge in [0.1, 0.15) is 12.4 Å². The summed E-state index contributed by atoms with van der Waals surface area (Å²) in [6, 6.07) is 7.55. The number of carboxylic acid groups (broad SMARTS) is 1. The van der Waals surface area contributed by atoms with Crippen LogP contribution in [0.25, 0.3) is 0 Å². The van der Waals surface area contributed by atoms with E-state index in [4.69, 9.17) is 61.9 Å². The molecule has 1 aromatic carbocycles. The molecular formula is C32H57NO14. The van der Waals surface area contributed by atoms with E-state index in [0.717, 1.165) is 11.3 Å². The van der Waals surface area contributed by atoms with Gasteiger partial charge in [-0.15, -0.1) is 0 Å². The van der Waals surface area contributed by atoms with Gasteiger partial charge in [0.15, 0.2) is 0 Å². The standard InChI is InChI=1S/C32H57NO14/c1-36-8-9-37-10-11-38-12-13-39-14-15-40-16-17-41-18-19-42-20-21-43-22-23-44-24-25-45-26-27-46-28-29-47-31-4-2-30(3-5-31)6-7-33-32(34)35/h2-5,33H,6-29H2,1H3,(H,34,35). The molecule has 0 saturated carbocycles. The SMILES string of the molecule is COCCOCCOCCOCCOCCOCCOCCOCCOCCOCCOCCOc1ccc(CCNC(=O)O)cc1. The number of nitrogens with one attached hydrogen (secondary N) is 1. The Morgan fingerprint density at radius 3 is 1.09 bits per heavy atom. The Morgan fingerprint density at radius 1 is 0.489 bits per heavy atom. The Balaban J connectivity index is 1.68. The minimum Gasteiger partial charge on any atom is -0.491 e. The number of carbonyl (C=O) groups is 1. The van der Waals surface area contributed by atoms with Crippen molar-refractivity contribution in [3.63, 3.8) is 0 Å². The molecule has 274 valence electrons. The first-order chi connectivity index (χ1) is 23.2. The lowest BCUT2D eigenvalue weighted by Crippen LogP contribution is -2.23. The predicted octanol–water partition coefficient (Wildman–Crippen LogP) is 1.69. The molecular weight excluding hydrogens is 622 g/mol. The molecule has 0 unspecified atom stereocenters. The van der Waals surface area contributed by atoms with Gasteiger partial charge in [0.25, 0.3) is 0 Å². The number of methoxy groups -OCH3 is 1. The Morgan fingerprint density at radius 2 is 0.787 bits per heavy atom. The van der Waals surface area contributed by atoms with Gasteiger partial charge in [0.05, 0.1) is 139 Å². The molecule has 1 rings (SSSR count). The minimum atomic E-state index is -1.02. The Kier molecular flexibility index (Phi) is 32.1. The van der Waals surface area contributed by atoms with Crippen LogP contribution < -0.4 is 10.1 Å². The third-order valence-electron chi connectivity index (χ3n) is 5.89. The van der Waals surface area contributed by atoms with Crippen LogP contribution >= 0.6 is 0 Å². The number of benzene rings is 1. The van der Waals surface area contributed by atoms with Crippen molar-refractivity contribution in [2.75, 3.05) is 159 Å². The van der Waals surface area contributed by atoms with Crippen LogP contribution in [0.5, 0.6) is 5.75 Å². The van der Waals surface area contributed by atoms with Gasteiger partial charge in [-0.1, -0.05) is 12.1 Å². The van der Waals surface area contributed by atoms with Gasteiger partial charge in [-0.05, 0) is 24.1 Å². The average molecular weight is 680 g/mol. The second-order valence-corrected chi connectivity index (χ2v) is 9.59. The highest BCUT2D eigenvalue weighted by molar-refractivity contribution is 5.64. The lowest BCUT2D eigenvalue weighted by Gasteiger charge is -2.09. The lowest BCUT2D eigenvalue weighted by molar-refractivity contribution is -0.0273. The molecule has 0 bridgehead atoms. The normalized spacial score (nSPS) is 11.3. The smallest absolute Gasteiger partial charge is 0.404 e. The van der Waals surface area contributed by atoms with Crippen molar-refractivity contribution in [3.8, 4) is 5.75 Å². The molecule has 1 aromatic rings. The zero-order valence-electron chi connectivity index (χ0n) is 28.0. The summed E-state index contributed by atoms with van der Waals surface area (Å²) in [5.74, 6) is 0.741. The monoisotopic (exact) mass is 679 g/mol. The van der Waals surface area contributed by atoms with E-state index >= 15 is 0 Å². The Labute approximate surface area is 279 Å². The number of rotatable bonds is 37. The van der Waals surface area contributed by atoms with Gasteiger partial charge in [-0.3, -0.25) is 0 Å². The highest BCUT2D eigenvalue weighted by Gasteiger charge is 1.99. The zero-order chi connectivity index (χ0) is 33.7. The van der Waals surface area contributed by atoms with Crippen LogP contribution in [-0.2, 0) is 58.5 Å². The summed E-state index contributed by atoms with van der Waals surface area (Å²) >= 11 is 0. The van der Waals surface area contributed by atoms with Gasteiger partial charge >= 0.3 is 6.09 Å². The molecule has 0 aliphatic carbocycles. The fourth-order valence-corrected chi connectivity index (χ4v) is 3.51. The van der Waals surface area contributed by atoms with Crippen molar-refractivity contribution < 1.29 is 66.7 Å². The van der Waals surface area contributed by atoms with Gasteiger partial charge in [0.2, 0.25) is 0 Å². The van der Waals surface area contributed by atoms with E-state index < -0.39 is 6.09 Å². The predicted molar refractivity (Wildman–Crippen MR) is 172 cm³/mol. The first kappa shape index (κ1) is 42.9. The first-order valence-electron chi connectivity index (χ1n) is 16.2. The lowest BCUT2D eigenvalue weighted by atomic mass is 10.1. The van der Waals surface area contributed by atoms with Crippen LogP contribution in [-0.4, -0.2) is 170 Å². The molecule has 0 radical (unpaired) electrons. The van der Waals surface area contributed by atoms with E-state index in [-0.39, 0.29) is 0 Å². The van der Waals surface area contributed by atoms with E-state index in [1.54, 1.807) is 7.11 Å². The fourth-order valence-electron chi connectivity index (χ4n) is 3.51. The molecule has 0 spiro atoms. The second kappa shape index (κ2) is 35.2. The molecule has 0 fully saturated rings. The van der Waals surface area contributed by atoms with Crippen molar-refractivity contribution in [2.24, 2.45) is 0 Å². The summed E-state index contributed by atoms with van der Waals surface area (Å²) in [6.07, 6.45) is -0.389. The summed E-state index contributed by atoms with van der Waals surface area (Å²) in [5, 5.41) is 10.9. The maximum absolute atomic E-state index is 10.5. The van der Waals surface area contributed by atoms with Crippen LogP contribution in [0.15, 0.2) is 24.3 Å². The van der Waals surface area contributed by atoms with Crippen molar-refractivity contribution in [1.29, 1.82) is 0 Å². The summed E-state index contributed by atoms with van der Waals surface area (Å²) in [5.41, 5.74) is 1.03. The summed E-state index contributed by atoms with van der Waals surface area (Å²) in [6.45, 7) is 11.5. The first-order valence-corrected chi connectivity index (χ1v) is 16.2. The highest BCUT2D eigenvalue weighted by Crippen LogP contribution is 2.12. The summed E-state index contributed by atoms with van der Waals surface area (Å²) < 4.78 is 65.0. The van der Waals surface area contributed by atoms with Gasteiger partial charge < -0.3 is 67.3 Å². The van der Waals surface area contributed by atoms with Gasteiger partial charge in [-0.25, -0.2) is 4.79 Å².